The molecule has 5 rings (SSSR count). The van der Waals surface area contributed by atoms with Crippen LogP contribution in [0.4, 0.5) is 0 Å². The molecule has 2 atom stereocenters. The van der Waals surface area contributed by atoms with Crippen molar-refractivity contribution in [3.05, 3.63) is 24.3 Å². The summed E-state index contributed by atoms with van der Waals surface area (Å²) in [5.74, 6) is 3.22. The van der Waals surface area contributed by atoms with Crippen LogP contribution in [-0.2, 0) is 0 Å². The van der Waals surface area contributed by atoms with Crippen molar-refractivity contribution in [3.63, 3.8) is 0 Å². The van der Waals surface area contributed by atoms with E-state index in [0.29, 0.717) is 16.1 Å². The van der Waals surface area contributed by atoms with E-state index in [4.69, 9.17) is 24.4 Å². The summed E-state index contributed by atoms with van der Waals surface area (Å²) in [7, 11) is 0. The minimum atomic E-state index is -0.162. The van der Waals surface area contributed by atoms with E-state index in [1.165, 1.54) is 38.5 Å². The van der Waals surface area contributed by atoms with E-state index in [9.17, 15) is 0 Å². The molecule has 0 heterocycles. The lowest BCUT2D eigenvalue weighted by Crippen LogP contribution is -2.63. The Morgan fingerprint density at radius 3 is 2.04 bits per heavy atom. The van der Waals surface area contributed by atoms with Crippen LogP contribution >= 0.6 is 24.4 Å². The summed E-state index contributed by atoms with van der Waals surface area (Å²) in [5.41, 5.74) is 6.29. The van der Waals surface area contributed by atoms with Gasteiger partial charge in [0.2, 0.25) is 0 Å². The van der Waals surface area contributed by atoms with Gasteiger partial charge in [0, 0.05) is 5.54 Å². The van der Waals surface area contributed by atoms with Crippen molar-refractivity contribution < 1.29 is 0 Å². The summed E-state index contributed by atoms with van der Waals surface area (Å²) in [5, 5.41) is 8.37. The van der Waals surface area contributed by atoms with Gasteiger partial charge in [0.05, 0.1) is 5.54 Å². The molecule has 0 aromatic carbocycles. The first-order chi connectivity index (χ1) is 13.3. The lowest BCUT2D eigenvalue weighted by Gasteiger charge is -2.57. The van der Waals surface area contributed by atoms with Crippen molar-refractivity contribution in [1.29, 1.82) is 0 Å². The third kappa shape index (κ3) is 4.70. The average molecular weight is 419 g/mol. The zero-order chi connectivity index (χ0) is 19.8. The summed E-state index contributed by atoms with van der Waals surface area (Å²) >= 11 is 11.1. The Balaban J connectivity index is 1.27. The Morgan fingerprint density at radius 1 is 0.857 bits per heavy atom. The van der Waals surface area contributed by atoms with Crippen molar-refractivity contribution in [1.82, 2.24) is 21.5 Å². The van der Waals surface area contributed by atoms with Crippen molar-refractivity contribution in [2.24, 2.45) is 23.7 Å². The van der Waals surface area contributed by atoms with Gasteiger partial charge >= 0.3 is 0 Å². The minimum absolute atomic E-state index is 0.162. The molecule has 28 heavy (non-hydrogen) atoms. The summed E-state index contributed by atoms with van der Waals surface area (Å²) in [4.78, 5) is 0. The zero-order valence-electron chi connectivity index (χ0n) is 17.1. The van der Waals surface area contributed by atoms with Gasteiger partial charge in [-0.15, -0.1) is 0 Å². The Hall–Kier alpha value is -1.14. The largest absolute Gasteiger partial charge is 0.356 e. The Morgan fingerprint density at radius 2 is 1.43 bits per heavy atom. The third-order valence-electron chi connectivity index (χ3n) is 7.07. The number of hydrogen-bond donors (Lipinski definition) is 4. The predicted molar refractivity (Wildman–Crippen MR) is 124 cm³/mol. The molecule has 4 fully saturated rings. The maximum Gasteiger partial charge on any atom is 0.185 e. The maximum atomic E-state index is 5.60. The van der Waals surface area contributed by atoms with Crippen molar-refractivity contribution in [3.8, 4) is 0 Å². The van der Waals surface area contributed by atoms with Crippen molar-refractivity contribution >= 4 is 34.7 Å². The molecule has 0 aromatic heterocycles. The standard InChI is InChI=1S/C22H34N4S2/c1-15-6-4-3-5-7-21(2,11-15)23-19(27)25-26-20(28)24-22-12-16-8-17(13-22)10-18(9-16)14-22/h4-7,15-18H,3,8-14H2,1-2H3,(H2,23,25,27)(H2,24,26,28). The summed E-state index contributed by atoms with van der Waals surface area (Å²) in [6, 6.07) is 0. The van der Waals surface area contributed by atoms with Gasteiger partial charge in [-0.3, -0.25) is 10.9 Å². The fourth-order valence-electron chi connectivity index (χ4n) is 6.56. The fourth-order valence-corrected chi connectivity index (χ4v) is 7.11. The number of hydrazine groups is 1. The van der Waals surface area contributed by atoms with Crippen LogP contribution in [0.15, 0.2) is 24.3 Å². The SMILES string of the molecule is CC1C=CCC=CC(C)(NC(=S)NNC(=S)NC23CC4CC(CC(C4)C2)C3)C1. The molecule has 0 spiro atoms. The van der Waals surface area contributed by atoms with Crippen LogP contribution in [0.5, 0.6) is 0 Å². The van der Waals surface area contributed by atoms with Gasteiger partial charge in [0.25, 0.3) is 0 Å². The second-order valence-electron chi connectivity index (χ2n) is 10.0. The molecule has 4 bridgehead atoms. The summed E-state index contributed by atoms with van der Waals surface area (Å²) < 4.78 is 0. The van der Waals surface area contributed by atoms with Gasteiger partial charge in [0.1, 0.15) is 0 Å². The van der Waals surface area contributed by atoms with Gasteiger partial charge in [-0.1, -0.05) is 31.2 Å². The van der Waals surface area contributed by atoms with Crippen LogP contribution in [0.1, 0.15) is 65.2 Å². The van der Waals surface area contributed by atoms with E-state index >= 15 is 0 Å². The molecule has 0 aliphatic heterocycles. The summed E-state index contributed by atoms with van der Waals surface area (Å²) in [6.45, 7) is 4.44. The van der Waals surface area contributed by atoms with E-state index in [1.807, 2.05) is 0 Å². The number of rotatable bonds is 2. The summed E-state index contributed by atoms with van der Waals surface area (Å²) in [6.07, 6.45) is 19.0. The van der Waals surface area contributed by atoms with Crippen LogP contribution in [0.2, 0.25) is 0 Å². The molecule has 4 N–H and O–H groups in total. The van der Waals surface area contributed by atoms with E-state index in [2.05, 4.69) is 59.6 Å². The van der Waals surface area contributed by atoms with Crippen LogP contribution in [-0.4, -0.2) is 21.3 Å². The van der Waals surface area contributed by atoms with Gasteiger partial charge in [-0.25, -0.2) is 0 Å². The van der Waals surface area contributed by atoms with Crippen LogP contribution in [0.3, 0.4) is 0 Å². The zero-order valence-corrected chi connectivity index (χ0v) is 18.7. The second kappa shape index (κ2) is 7.94. The molecule has 154 valence electrons. The number of thiocarbonyl (C=S) groups is 2. The van der Waals surface area contributed by atoms with Crippen molar-refractivity contribution in [2.45, 2.75) is 76.3 Å². The topological polar surface area (TPSA) is 48.1 Å². The van der Waals surface area contributed by atoms with Gasteiger partial charge in [-0.2, -0.15) is 0 Å². The van der Waals surface area contributed by atoms with Gasteiger partial charge in [0.15, 0.2) is 10.2 Å². The van der Waals surface area contributed by atoms with Gasteiger partial charge < -0.3 is 10.6 Å². The van der Waals surface area contributed by atoms with E-state index in [1.54, 1.807) is 0 Å². The molecule has 2 unspecified atom stereocenters. The third-order valence-corrected chi connectivity index (χ3v) is 7.48. The van der Waals surface area contributed by atoms with Crippen LogP contribution < -0.4 is 21.5 Å². The quantitative estimate of drug-likeness (QED) is 0.308. The molecule has 4 nitrogen and oxygen atoms in total. The Labute approximate surface area is 180 Å². The maximum absolute atomic E-state index is 5.60. The average Bonchev–Trinajstić information content (AvgIpc) is 2.56. The molecule has 5 aliphatic carbocycles. The second-order valence-corrected chi connectivity index (χ2v) is 10.8. The number of hydrogen-bond acceptors (Lipinski definition) is 2. The molecule has 5 aliphatic rings. The number of allylic oxidation sites excluding steroid dienone is 3. The minimum Gasteiger partial charge on any atom is -0.356 e. The monoisotopic (exact) mass is 418 g/mol. The Kier molecular flexibility index (Phi) is 5.71. The van der Waals surface area contributed by atoms with Crippen LogP contribution in [0.25, 0.3) is 0 Å². The van der Waals surface area contributed by atoms with Crippen LogP contribution in [0, 0.1) is 23.7 Å². The highest BCUT2D eigenvalue weighted by Crippen LogP contribution is 2.55. The van der Waals surface area contributed by atoms with Gasteiger partial charge in [-0.05, 0) is 106 Å². The molecule has 0 aromatic rings. The van der Waals surface area contributed by atoms with Crippen molar-refractivity contribution in [2.75, 3.05) is 0 Å². The normalized spacial score (nSPS) is 41.1. The lowest BCUT2D eigenvalue weighted by atomic mass is 9.53. The Bertz CT molecular complexity index is 651. The first kappa shape index (κ1) is 20.1. The number of nitrogens with one attached hydrogen (secondary N) is 4. The molecular weight excluding hydrogens is 384 g/mol. The van der Waals surface area contributed by atoms with E-state index < -0.39 is 0 Å². The molecule has 6 heteroatoms. The van der Waals surface area contributed by atoms with E-state index in [-0.39, 0.29) is 11.1 Å². The molecule has 0 radical (unpaired) electrons. The molecule has 4 saturated carbocycles. The molecule has 0 saturated heterocycles. The first-order valence-electron chi connectivity index (χ1n) is 10.8. The lowest BCUT2D eigenvalue weighted by molar-refractivity contribution is -0.0102. The smallest absolute Gasteiger partial charge is 0.185 e. The molecule has 0 amide bonds. The predicted octanol–water partition coefficient (Wildman–Crippen LogP) is 4.10. The first-order valence-corrected chi connectivity index (χ1v) is 11.7. The highest BCUT2D eigenvalue weighted by Gasteiger charge is 2.51. The molecular formula is C22H34N4S2. The fraction of sp³-hybridized carbons (Fsp3) is 0.727. The van der Waals surface area contributed by atoms with E-state index in [0.717, 1.165) is 30.6 Å². The highest BCUT2D eigenvalue weighted by atomic mass is 32.1. The highest BCUT2D eigenvalue weighted by molar-refractivity contribution is 7.80.